The summed E-state index contributed by atoms with van der Waals surface area (Å²) in [7, 11) is -3.16. The number of carbonyl (C=O) groups is 1. The predicted octanol–water partition coefficient (Wildman–Crippen LogP) is 2.36. The molecular formula is C18H23N3O4S2. The molecule has 9 heteroatoms. The van der Waals surface area contributed by atoms with Gasteiger partial charge in [-0.25, -0.2) is 17.7 Å². The van der Waals surface area contributed by atoms with Crippen LogP contribution in [-0.4, -0.2) is 55.6 Å². The summed E-state index contributed by atoms with van der Waals surface area (Å²) in [5.74, 6) is 0.581. The number of rotatable bonds is 6. The maximum absolute atomic E-state index is 12.5. The smallest absolute Gasteiger partial charge is 0.270 e. The topological polar surface area (TPSA) is 88.6 Å². The van der Waals surface area contributed by atoms with Crippen molar-refractivity contribution in [3.05, 3.63) is 35.3 Å². The second-order valence-electron chi connectivity index (χ2n) is 6.41. The molecule has 146 valence electrons. The molecule has 1 N–H and O–H groups in total. The zero-order valence-corrected chi connectivity index (χ0v) is 17.0. The van der Waals surface area contributed by atoms with Crippen LogP contribution in [0.1, 0.15) is 30.3 Å². The Morgan fingerprint density at radius 3 is 2.56 bits per heavy atom. The van der Waals surface area contributed by atoms with Crippen molar-refractivity contribution in [3.63, 3.8) is 0 Å². The number of sulfonamides is 1. The number of hydrogen-bond acceptors (Lipinski definition) is 6. The van der Waals surface area contributed by atoms with Gasteiger partial charge in [-0.05, 0) is 44.0 Å². The van der Waals surface area contributed by atoms with Gasteiger partial charge in [0, 0.05) is 30.1 Å². The first-order chi connectivity index (χ1) is 12.9. The molecule has 27 heavy (non-hydrogen) atoms. The maximum atomic E-state index is 12.5. The molecule has 7 nitrogen and oxygen atoms in total. The number of amides is 1. The number of nitrogens with zero attached hydrogens (tertiary/aromatic N) is 2. The van der Waals surface area contributed by atoms with Crippen LogP contribution in [0.4, 0.5) is 0 Å². The Labute approximate surface area is 163 Å². The third kappa shape index (κ3) is 5.06. The predicted molar refractivity (Wildman–Crippen MR) is 106 cm³/mol. The molecule has 0 atom stereocenters. The summed E-state index contributed by atoms with van der Waals surface area (Å²) in [5, 5.41) is 5.48. The fourth-order valence-electron chi connectivity index (χ4n) is 2.96. The molecule has 1 aromatic heterocycles. The molecule has 1 fully saturated rings. The molecule has 2 heterocycles. The first kappa shape index (κ1) is 19.8. The van der Waals surface area contributed by atoms with Crippen molar-refractivity contribution in [2.45, 2.75) is 25.8 Å². The molecule has 0 radical (unpaired) electrons. The van der Waals surface area contributed by atoms with Crippen LogP contribution in [0, 0.1) is 0 Å². The summed E-state index contributed by atoms with van der Waals surface area (Å²) >= 11 is 1.42. The van der Waals surface area contributed by atoms with E-state index in [0.29, 0.717) is 38.2 Å². The molecule has 2 aromatic rings. The van der Waals surface area contributed by atoms with E-state index in [1.165, 1.54) is 21.9 Å². The Kier molecular flexibility index (Phi) is 6.13. The van der Waals surface area contributed by atoms with Gasteiger partial charge in [-0.3, -0.25) is 4.79 Å². The second kappa shape index (κ2) is 8.37. The highest BCUT2D eigenvalue weighted by Crippen LogP contribution is 2.26. The Morgan fingerprint density at radius 2 is 1.96 bits per heavy atom. The van der Waals surface area contributed by atoms with Crippen molar-refractivity contribution < 1.29 is 17.9 Å². The number of carbonyl (C=O) groups excluding carboxylic acids is 1. The highest BCUT2D eigenvalue weighted by Gasteiger charge is 2.26. The highest BCUT2D eigenvalue weighted by atomic mass is 32.2. The van der Waals surface area contributed by atoms with Crippen LogP contribution in [-0.2, 0) is 10.0 Å². The van der Waals surface area contributed by atoms with Crippen LogP contribution in [0.5, 0.6) is 5.75 Å². The standard InChI is InChI=1S/C18H23N3O4S2/c1-3-25-15-6-4-13(5-7-15)18-20-16(12-26-18)17(22)19-14-8-10-21(11-9-14)27(2,23)24/h4-7,12,14H,3,8-11H2,1-2H3,(H,19,22). The molecule has 0 unspecified atom stereocenters. The summed E-state index contributed by atoms with van der Waals surface area (Å²) in [4.78, 5) is 16.9. The lowest BCUT2D eigenvalue weighted by molar-refractivity contribution is 0.0919. The largest absolute Gasteiger partial charge is 0.494 e. The number of aromatic nitrogens is 1. The van der Waals surface area contributed by atoms with Crippen LogP contribution in [0.2, 0.25) is 0 Å². The average molecular weight is 410 g/mol. The number of thiazole rings is 1. The third-order valence-corrected chi connectivity index (χ3v) is 6.60. The first-order valence-electron chi connectivity index (χ1n) is 8.81. The zero-order valence-electron chi connectivity index (χ0n) is 15.3. The summed E-state index contributed by atoms with van der Waals surface area (Å²) in [5.41, 5.74) is 1.32. The molecule has 1 aromatic carbocycles. The summed E-state index contributed by atoms with van der Waals surface area (Å²) in [6.07, 6.45) is 2.42. The lowest BCUT2D eigenvalue weighted by Crippen LogP contribution is -2.46. The minimum atomic E-state index is -3.16. The van der Waals surface area contributed by atoms with Crippen molar-refractivity contribution in [3.8, 4) is 16.3 Å². The van der Waals surface area contributed by atoms with Gasteiger partial charge in [-0.1, -0.05) is 0 Å². The van der Waals surface area contributed by atoms with Crippen LogP contribution < -0.4 is 10.1 Å². The van der Waals surface area contributed by atoms with Gasteiger partial charge in [0.05, 0.1) is 12.9 Å². The van der Waals surface area contributed by atoms with E-state index < -0.39 is 10.0 Å². The van der Waals surface area contributed by atoms with E-state index >= 15 is 0 Å². The van der Waals surface area contributed by atoms with Crippen LogP contribution >= 0.6 is 11.3 Å². The quantitative estimate of drug-likeness (QED) is 0.791. The normalized spacial score (nSPS) is 16.2. The average Bonchev–Trinajstić information content (AvgIpc) is 3.13. The summed E-state index contributed by atoms with van der Waals surface area (Å²) < 4.78 is 30.0. The van der Waals surface area contributed by atoms with E-state index in [9.17, 15) is 13.2 Å². The molecule has 1 amide bonds. The Bertz CT molecular complexity index is 886. The maximum Gasteiger partial charge on any atom is 0.270 e. The van der Waals surface area contributed by atoms with E-state index in [4.69, 9.17) is 4.74 Å². The number of ether oxygens (including phenoxy) is 1. The fourth-order valence-corrected chi connectivity index (χ4v) is 4.64. The van der Waals surface area contributed by atoms with Crippen LogP contribution in [0.3, 0.4) is 0 Å². The van der Waals surface area contributed by atoms with E-state index in [2.05, 4.69) is 10.3 Å². The Balaban J connectivity index is 1.59. The first-order valence-corrected chi connectivity index (χ1v) is 11.5. The fraction of sp³-hybridized carbons (Fsp3) is 0.444. The molecule has 0 saturated carbocycles. The van der Waals surface area contributed by atoms with Crippen LogP contribution in [0.25, 0.3) is 10.6 Å². The zero-order chi connectivity index (χ0) is 19.4. The van der Waals surface area contributed by atoms with Crippen molar-refractivity contribution >= 4 is 27.3 Å². The van der Waals surface area contributed by atoms with Gasteiger partial charge in [0.2, 0.25) is 10.0 Å². The SMILES string of the molecule is CCOc1ccc(-c2nc(C(=O)NC3CCN(S(C)(=O)=O)CC3)cs2)cc1. The summed E-state index contributed by atoms with van der Waals surface area (Å²) in [6.45, 7) is 3.41. The Morgan fingerprint density at radius 1 is 1.30 bits per heavy atom. The number of piperidine rings is 1. The lowest BCUT2D eigenvalue weighted by atomic mass is 10.1. The summed E-state index contributed by atoms with van der Waals surface area (Å²) in [6, 6.07) is 7.58. The van der Waals surface area contributed by atoms with Crippen molar-refractivity contribution in [2.24, 2.45) is 0 Å². The van der Waals surface area contributed by atoms with Gasteiger partial charge >= 0.3 is 0 Å². The monoisotopic (exact) mass is 409 g/mol. The van der Waals surface area contributed by atoms with E-state index in [1.54, 1.807) is 5.38 Å². The van der Waals surface area contributed by atoms with Crippen LogP contribution in [0.15, 0.2) is 29.6 Å². The van der Waals surface area contributed by atoms with Gasteiger partial charge in [0.1, 0.15) is 16.5 Å². The van der Waals surface area contributed by atoms with Gasteiger partial charge in [0.15, 0.2) is 0 Å². The molecule has 0 aliphatic carbocycles. The molecule has 3 rings (SSSR count). The van der Waals surface area contributed by atoms with Crippen molar-refractivity contribution in [2.75, 3.05) is 26.0 Å². The third-order valence-electron chi connectivity index (χ3n) is 4.41. The van der Waals surface area contributed by atoms with E-state index in [1.807, 2.05) is 31.2 Å². The molecular weight excluding hydrogens is 386 g/mol. The Hall–Kier alpha value is -1.97. The van der Waals surface area contributed by atoms with E-state index in [0.717, 1.165) is 16.3 Å². The molecule has 0 spiro atoms. The number of benzene rings is 1. The minimum absolute atomic E-state index is 0.0360. The lowest BCUT2D eigenvalue weighted by Gasteiger charge is -2.30. The minimum Gasteiger partial charge on any atom is -0.494 e. The molecule has 1 aliphatic heterocycles. The van der Waals surface area contributed by atoms with E-state index in [-0.39, 0.29) is 11.9 Å². The van der Waals surface area contributed by atoms with Gasteiger partial charge in [0.25, 0.3) is 5.91 Å². The van der Waals surface area contributed by atoms with Crippen molar-refractivity contribution in [1.82, 2.24) is 14.6 Å². The van der Waals surface area contributed by atoms with Gasteiger partial charge < -0.3 is 10.1 Å². The van der Waals surface area contributed by atoms with Crippen molar-refractivity contribution in [1.29, 1.82) is 0 Å². The number of nitrogens with one attached hydrogen (secondary N) is 1. The van der Waals surface area contributed by atoms with Gasteiger partial charge in [-0.2, -0.15) is 0 Å². The molecule has 1 saturated heterocycles. The second-order valence-corrected chi connectivity index (χ2v) is 9.25. The van der Waals surface area contributed by atoms with Gasteiger partial charge in [-0.15, -0.1) is 11.3 Å². The highest BCUT2D eigenvalue weighted by molar-refractivity contribution is 7.88. The molecule has 0 bridgehead atoms. The molecule has 1 aliphatic rings. The number of hydrogen-bond donors (Lipinski definition) is 1.